The van der Waals surface area contributed by atoms with Gasteiger partial charge in [0.05, 0.1) is 11.0 Å². The summed E-state index contributed by atoms with van der Waals surface area (Å²) in [7, 11) is 0. The van der Waals surface area contributed by atoms with Crippen molar-refractivity contribution in [1.29, 1.82) is 0 Å². The first kappa shape index (κ1) is 13.9. The Bertz CT molecular complexity index is 749. The maximum Gasteiger partial charge on any atom is 0.0794 e. The van der Waals surface area contributed by atoms with Crippen molar-refractivity contribution in [1.82, 2.24) is 14.9 Å². The number of aromatic nitrogens is 2. The smallest absolute Gasteiger partial charge is 0.0794 e. The molecule has 1 aromatic carbocycles. The third kappa shape index (κ3) is 2.89. The number of likely N-dealkylation sites (tertiary alicyclic amines) is 1. The lowest BCUT2D eigenvalue weighted by atomic mass is 9.96. The SMILES string of the molecule is c1ccc2c(CC3CCN(Cc4cncs4)C3)ccnc2c1. The number of benzene rings is 1. The Morgan fingerprint density at radius 3 is 3.09 bits per heavy atom. The first-order chi connectivity index (χ1) is 10.9. The Kier molecular flexibility index (Phi) is 3.87. The van der Waals surface area contributed by atoms with Crippen LogP contribution in [0.5, 0.6) is 0 Å². The van der Waals surface area contributed by atoms with Crippen molar-refractivity contribution in [2.24, 2.45) is 5.92 Å². The number of nitrogens with zero attached hydrogens (tertiary/aromatic N) is 3. The van der Waals surface area contributed by atoms with E-state index in [1.165, 1.54) is 35.3 Å². The van der Waals surface area contributed by atoms with Gasteiger partial charge in [0.15, 0.2) is 0 Å². The highest BCUT2D eigenvalue weighted by molar-refractivity contribution is 7.09. The average Bonchev–Trinajstić information content (AvgIpc) is 3.20. The fraction of sp³-hybridized carbons (Fsp3) is 0.333. The van der Waals surface area contributed by atoms with E-state index < -0.39 is 0 Å². The van der Waals surface area contributed by atoms with E-state index in [2.05, 4.69) is 45.2 Å². The molecule has 1 saturated heterocycles. The molecule has 0 bridgehead atoms. The van der Waals surface area contributed by atoms with Gasteiger partial charge in [0.2, 0.25) is 0 Å². The average molecular weight is 309 g/mol. The van der Waals surface area contributed by atoms with E-state index in [1.807, 2.05) is 17.9 Å². The molecular formula is C18H19N3S. The second-order valence-electron chi connectivity index (χ2n) is 6.05. The molecule has 1 unspecified atom stereocenters. The Morgan fingerprint density at radius 2 is 2.18 bits per heavy atom. The molecule has 0 amide bonds. The molecule has 3 nitrogen and oxygen atoms in total. The summed E-state index contributed by atoms with van der Waals surface area (Å²) in [6.45, 7) is 3.44. The molecule has 112 valence electrons. The van der Waals surface area contributed by atoms with Gasteiger partial charge in [-0.25, -0.2) is 0 Å². The molecule has 4 rings (SSSR count). The van der Waals surface area contributed by atoms with Gasteiger partial charge in [-0.05, 0) is 43.0 Å². The summed E-state index contributed by atoms with van der Waals surface area (Å²) >= 11 is 1.76. The largest absolute Gasteiger partial charge is 0.298 e. The van der Waals surface area contributed by atoms with Gasteiger partial charge >= 0.3 is 0 Å². The minimum Gasteiger partial charge on any atom is -0.298 e. The van der Waals surface area contributed by atoms with E-state index in [0.29, 0.717) is 0 Å². The van der Waals surface area contributed by atoms with Crippen LogP contribution >= 0.6 is 11.3 Å². The number of fused-ring (bicyclic) bond motifs is 1. The summed E-state index contributed by atoms with van der Waals surface area (Å²) in [5, 5.41) is 1.31. The highest BCUT2D eigenvalue weighted by Crippen LogP contribution is 2.26. The van der Waals surface area contributed by atoms with Gasteiger partial charge in [0, 0.05) is 35.7 Å². The summed E-state index contributed by atoms with van der Waals surface area (Å²) < 4.78 is 0. The Morgan fingerprint density at radius 1 is 1.23 bits per heavy atom. The monoisotopic (exact) mass is 309 g/mol. The highest BCUT2D eigenvalue weighted by Gasteiger charge is 2.23. The molecule has 4 heteroatoms. The Balaban J connectivity index is 1.45. The summed E-state index contributed by atoms with van der Waals surface area (Å²) in [6.07, 6.45) is 6.38. The van der Waals surface area contributed by atoms with Gasteiger partial charge in [0.1, 0.15) is 0 Å². The third-order valence-electron chi connectivity index (χ3n) is 4.48. The standard InChI is InChI=1S/C18H19N3S/c1-2-4-18-17(3-1)15(5-7-20-18)9-14-6-8-21(11-14)12-16-10-19-13-22-16/h1-5,7,10,13-14H,6,8-9,11-12H2. The van der Waals surface area contributed by atoms with E-state index in [9.17, 15) is 0 Å². The first-order valence-electron chi connectivity index (χ1n) is 7.81. The van der Waals surface area contributed by atoms with Crippen LogP contribution in [0.2, 0.25) is 0 Å². The topological polar surface area (TPSA) is 29.0 Å². The van der Waals surface area contributed by atoms with Crippen molar-refractivity contribution in [3.05, 3.63) is 58.7 Å². The van der Waals surface area contributed by atoms with Gasteiger partial charge in [-0.15, -0.1) is 11.3 Å². The van der Waals surface area contributed by atoms with Crippen LogP contribution in [0.4, 0.5) is 0 Å². The molecule has 3 aromatic rings. The number of hydrogen-bond acceptors (Lipinski definition) is 4. The molecule has 1 atom stereocenters. The molecule has 1 aliphatic heterocycles. The van der Waals surface area contributed by atoms with Crippen LogP contribution < -0.4 is 0 Å². The van der Waals surface area contributed by atoms with Gasteiger partial charge < -0.3 is 0 Å². The minimum absolute atomic E-state index is 0.749. The number of pyridine rings is 1. The normalized spacial score (nSPS) is 19.0. The zero-order valence-electron chi connectivity index (χ0n) is 12.5. The number of hydrogen-bond donors (Lipinski definition) is 0. The summed E-state index contributed by atoms with van der Waals surface area (Å²) in [6, 6.07) is 10.7. The lowest BCUT2D eigenvalue weighted by Gasteiger charge is -2.15. The quantitative estimate of drug-likeness (QED) is 0.735. The van der Waals surface area contributed by atoms with Crippen molar-refractivity contribution in [2.75, 3.05) is 13.1 Å². The van der Waals surface area contributed by atoms with Gasteiger partial charge in [0.25, 0.3) is 0 Å². The number of thiazole rings is 1. The molecule has 1 aliphatic rings. The van der Waals surface area contributed by atoms with Crippen molar-refractivity contribution >= 4 is 22.2 Å². The van der Waals surface area contributed by atoms with Crippen LogP contribution in [0.15, 0.2) is 48.2 Å². The first-order valence-corrected chi connectivity index (χ1v) is 8.69. The van der Waals surface area contributed by atoms with Crippen molar-refractivity contribution in [2.45, 2.75) is 19.4 Å². The molecule has 0 N–H and O–H groups in total. The molecule has 0 saturated carbocycles. The minimum atomic E-state index is 0.749. The lowest BCUT2D eigenvalue weighted by Crippen LogP contribution is -2.20. The fourth-order valence-electron chi connectivity index (χ4n) is 3.41. The number of para-hydroxylation sites is 1. The summed E-state index contributed by atoms with van der Waals surface area (Å²) in [5.41, 5.74) is 4.47. The predicted molar refractivity (Wildman–Crippen MR) is 90.9 cm³/mol. The van der Waals surface area contributed by atoms with E-state index in [4.69, 9.17) is 0 Å². The van der Waals surface area contributed by atoms with Crippen LogP contribution in [0.1, 0.15) is 16.9 Å². The third-order valence-corrected chi connectivity index (χ3v) is 5.25. The van der Waals surface area contributed by atoms with Crippen molar-refractivity contribution in [3.63, 3.8) is 0 Å². The number of rotatable bonds is 4. The van der Waals surface area contributed by atoms with Crippen LogP contribution in [0.25, 0.3) is 10.9 Å². The van der Waals surface area contributed by atoms with E-state index in [0.717, 1.165) is 24.4 Å². The van der Waals surface area contributed by atoms with Crippen LogP contribution in [-0.2, 0) is 13.0 Å². The molecule has 0 spiro atoms. The molecular weight excluding hydrogens is 290 g/mol. The summed E-state index contributed by atoms with van der Waals surface area (Å²) in [4.78, 5) is 12.6. The van der Waals surface area contributed by atoms with E-state index >= 15 is 0 Å². The van der Waals surface area contributed by atoms with Crippen molar-refractivity contribution < 1.29 is 0 Å². The van der Waals surface area contributed by atoms with Crippen LogP contribution in [0, 0.1) is 5.92 Å². The van der Waals surface area contributed by atoms with Gasteiger partial charge in [-0.3, -0.25) is 14.9 Å². The molecule has 0 aliphatic carbocycles. The maximum absolute atomic E-state index is 4.47. The van der Waals surface area contributed by atoms with Crippen LogP contribution in [0.3, 0.4) is 0 Å². The lowest BCUT2D eigenvalue weighted by molar-refractivity contribution is 0.319. The van der Waals surface area contributed by atoms with E-state index in [1.54, 1.807) is 11.3 Å². The van der Waals surface area contributed by atoms with Gasteiger partial charge in [-0.1, -0.05) is 18.2 Å². The zero-order chi connectivity index (χ0) is 14.8. The predicted octanol–water partition coefficient (Wildman–Crippen LogP) is 3.76. The van der Waals surface area contributed by atoms with Crippen molar-refractivity contribution in [3.8, 4) is 0 Å². The molecule has 0 radical (unpaired) electrons. The Hall–Kier alpha value is -1.78. The fourth-order valence-corrected chi connectivity index (χ4v) is 4.04. The molecule has 1 fully saturated rings. The second-order valence-corrected chi connectivity index (χ2v) is 7.02. The molecule has 2 aromatic heterocycles. The zero-order valence-corrected chi connectivity index (χ0v) is 13.3. The van der Waals surface area contributed by atoms with Crippen LogP contribution in [-0.4, -0.2) is 28.0 Å². The molecule has 3 heterocycles. The highest BCUT2D eigenvalue weighted by atomic mass is 32.1. The maximum atomic E-state index is 4.47. The molecule has 22 heavy (non-hydrogen) atoms. The Labute approximate surface area is 134 Å². The van der Waals surface area contributed by atoms with E-state index in [-0.39, 0.29) is 0 Å². The summed E-state index contributed by atoms with van der Waals surface area (Å²) in [5.74, 6) is 0.749. The second kappa shape index (κ2) is 6.15. The van der Waals surface area contributed by atoms with Gasteiger partial charge in [-0.2, -0.15) is 0 Å².